The molecule has 1 aliphatic rings. The average molecular weight is 377 g/mol. The lowest BCUT2D eigenvalue weighted by Gasteiger charge is -2.37. The molecule has 1 aliphatic heterocycles. The third-order valence-electron chi connectivity index (χ3n) is 4.52. The number of hydrogen-bond donors (Lipinski definition) is 0. The van der Waals surface area contributed by atoms with Crippen molar-refractivity contribution in [2.45, 2.75) is 13.3 Å². The summed E-state index contributed by atoms with van der Waals surface area (Å²) in [6.45, 7) is 5.55. The van der Waals surface area contributed by atoms with Gasteiger partial charge in [0.1, 0.15) is 16.5 Å². The van der Waals surface area contributed by atoms with Gasteiger partial charge in [-0.05, 0) is 48.4 Å². The molecule has 1 fully saturated rings. The number of hydrogen-bond acceptors (Lipinski definition) is 5. The quantitative estimate of drug-likeness (QED) is 0.635. The van der Waals surface area contributed by atoms with Crippen LogP contribution >= 0.6 is 22.9 Å². The number of anilines is 2. The number of fused-ring (bicyclic) bond motifs is 1. The largest absolute Gasteiger partial charge is 0.368 e. The van der Waals surface area contributed by atoms with E-state index in [2.05, 4.69) is 32.8 Å². The van der Waals surface area contributed by atoms with Crippen LogP contribution in [0.5, 0.6) is 0 Å². The summed E-state index contributed by atoms with van der Waals surface area (Å²) in [5, 5.41) is 1.38. The van der Waals surface area contributed by atoms with Gasteiger partial charge in [0.2, 0.25) is 5.28 Å². The Labute approximate surface area is 154 Å². The summed E-state index contributed by atoms with van der Waals surface area (Å²) in [5.41, 5.74) is 1.05. The molecule has 0 radical (unpaired) electrons. The lowest BCUT2D eigenvalue weighted by atomic mass is 10.2. The summed E-state index contributed by atoms with van der Waals surface area (Å²) in [6.07, 6.45) is 0.983. The summed E-state index contributed by atoms with van der Waals surface area (Å²) in [4.78, 5) is 15.6. The summed E-state index contributed by atoms with van der Waals surface area (Å²) in [5.74, 6) is 0.717. The van der Waals surface area contributed by atoms with Gasteiger partial charge in [-0.1, -0.05) is 6.92 Å². The fourth-order valence-electron chi connectivity index (χ4n) is 3.17. The molecule has 3 heterocycles. The van der Waals surface area contributed by atoms with Gasteiger partial charge in [0.05, 0.1) is 5.39 Å². The molecule has 1 saturated heterocycles. The summed E-state index contributed by atoms with van der Waals surface area (Å²) in [6, 6.07) is 8.85. The van der Waals surface area contributed by atoms with Crippen LogP contribution in [0, 0.1) is 5.82 Å². The van der Waals surface area contributed by atoms with Crippen molar-refractivity contribution in [2.24, 2.45) is 0 Å². The topological polar surface area (TPSA) is 32.3 Å². The van der Waals surface area contributed by atoms with E-state index < -0.39 is 0 Å². The molecule has 0 unspecified atom stereocenters. The highest BCUT2D eigenvalue weighted by atomic mass is 35.5. The molecule has 0 amide bonds. The molecule has 3 aromatic rings. The first-order valence-electron chi connectivity index (χ1n) is 8.35. The van der Waals surface area contributed by atoms with Gasteiger partial charge in [0.25, 0.3) is 0 Å². The molecule has 0 aliphatic carbocycles. The molecule has 0 bridgehead atoms. The molecule has 4 rings (SSSR count). The summed E-state index contributed by atoms with van der Waals surface area (Å²) in [7, 11) is 0. The Morgan fingerprint density at radius 3 is 2.44 bits per heavy atom. The zero-order valence-corrected chi connectivity index (χ0v) is 15.4. The maximum Gasteiger partial charge on any atom is 0.225 e. The van der Waals surface area contributed by atoms with Crippen molar-refractivity contribution in [1.82, 2.24) is 9.97 Å². The molecule has 4 nitrogen and oxygen atoms in total. The molecule has 0 spiro atoms. The molecule has 0 atom stereocenters. The van der Waals surface area contributed by atoms with E-state index in [0.717, 1.165) is 54.3 Å². The van der Waals surface area contributed by atoms with E-state index in [1.807, 2.05) is 12.1 Å². The summed E-state index contributed by atoms with van der Waals surface area (Å²) >= 11 is 7.83. The van der Waals surface area contributed by atoms with Crippen LogP contribution in [0.1, 0.15) is 11.8 Å². The molecule has 2 aromatic heterocycles. The van der Waals surface area contributed by atoms with Crippen molar-refractivity contribution >= 4 is 44.7 Å². The fraction of sp³-hybridized carbons (Fsp3) is 0.333. The van der Waals surface area contributed by atoms with Crippen LogP contribution in [0.3, 0.4) is 0 Å². The van der Waals surface area contributed by atoms with Gasteiger partial charge in [-0.15, -0.1) is 11.3 Å². The van der Waals surface area contributed by atoms with Gasteiger partial charge in [-0.2, -0.15) is 4.98 Å². The van der Waals surface area contributed by atoms with E-state index in [4.69, 9.17) is 11.6 Å². The van der Waals surface area contributed by atoms with E-state index in [1.165, 1.54) is 17.0 Å². The zero-order valence-electron chi connectivity index (χ0n) is 13.9. The molecule has 25 heavy (non-hydrogen) atoms. The number of piperazine rings is 1. The van der Waals surface area contributed by atoms with Crippen molar-refractivity contribution in [3.05, 3.63) is 46.3 Å². The predicted molar refractivity (Wildman–Crippen MR) is 103 cm³/mol. The number of thiophene rings is 1. The monoisotopic (exact) mass is 376 g/mol. The first kappa shape index (κ1) is 16.5. The zero-order chi connectivity index (χ0) is 17.4. The molecular weight excluding hydrogens is 359 g/mol. The van der Waals surface area contributed by atoms with Crippen molar-refractivity contribution in [3.63, 3.8) is 0 Å². The average Bonchev–Trinajstić information content (AvgIpc) is 3.05. The Morgan fingerprint density at radius 1 is 1.08 bits per heavy atom. The Bertz CT molecular complexity index is 888. The molecular formula is C18H18ClFN4S. The van der Waals surface area contributed by atoms with Crippen LogP contribution in [-0.4, -0.2) is 36.1 Å². The minimum Gasteiger partial charge on any atom is -0.368 e. The van der Waals surface area contributed by atoms with Crippen molar-refractivity contribution < 1.29 is 4.39 Å². The fourth-order valence-corrected chi connectivity index (χ4v) is 4.35. The number of benzene rings is 1. The number of halogens is 2. The minimum atomic E-state index is -0.204. The Balaban J connectivity index is 1.57. The van der Waals surface area contributed by atoms with Crippen molar-refractivity contribution in [1.29, 1.82) is 0 Å². The van der Waals surface area contributed by atoms with E-state index in [9.17, 15) is 4.39 Å². The first-order chi connectivity index (χ1) is 12.1. The molecule has 1 aromatic carbocycles. The van der Waals surface area contributed by atoms with Crippen LogP contribution in [-0.2, 0) is 6.42 Å². The number of aryl methyl sites for hydroxylation is 1. The summed E-state index contributed by atoms with van der Waals surface area (Å²) < 4.78 is 13.1. The SMILES string of the molecule is CCc1cc2c(N3CCN(c4ccc(F)cc4)CC3)nc(Cl)nc2s1. The van der Waals surface area contributed by atoms with Crippen LogP contribution in [0.25, 0.3) is 10.2 Å². The van der Waals surface area contributed by atoms with Crippen molar-refractivity contribution in [3.8, 4) is 0 Å². The second-order valence-corrected chi connectivity index (χ2v) is 7.51. The molecule has 0 saturated carbocycles. The number of aromatic nitrogens is 2. The lowest BCUT2D eigenvalue weighted by molar-refractivity contribution is 0.624. The van der Waals surface area contributed by atoms with Crippen LogP contribution in [0.2, 0.25) is 5.28 Å². The smallest absolute Gasteiger partial charge is 0.225 e. The molecule has 7 heteroatoms. The van der Waals surface area contributed by atoms with Gasteiger partial charge >= 0.3 is 0 Å². The van der Waals surface area contributed by atoms with Crippen LogP contribution in [0.15, 0.2) is 30.3 Å². The molecule has 0 N–H and O–H groups in total. The highest BCUT2D eigenvalue weighted by Crippen LogP contribution is 2.33. The van der Waals surface area contributed by atoms with Crippen molar-refractivity contribution in [2.75, 3.05) is 36.0 Å². The third-order valence-corrected chi connectivity index (χ3v) is 5.86. The van der Waals surface area contributed by atoms with E-state index >= 15 is 0 Å². The minimum absolute atomic E-state index is 0.204. The second-order valence-electron chi connectivity index (χ2n) is 6.05. The maximum atomic E-state index is 13.1. The lowest BCUT2D eigenvalue weighted by Crippen LogP contribution is -2.46. The van der Waals surface area contributed by atoms with Gasteiger partial charge in [-0.3, -0.25) is 0 Å². The van der Waals surface area contributed by atoms with Gasteiger partial charge in [-0.25, -0.2) is 9.37 Å². The normalized spacial score (nSPS) is 15.2. The van der Waals surface area contributed by atoms with Gasteiger partial charge in [0.15, 0.2) is 0 Å². The second kappa shape index (κ2) is 6.77. The Kier molecular flexibility index (Phi) is 4.48. The number of nitrogens with zero attached hydrogens (tertiary/aromatic N) is 4. The van der Waals surface area contributed by atoms with E-state index in [0.29, 0.717) is 5.28 Å². The van der Waals surface area contributed by atoms with Crippen LogP contribution in [0.4, 0.5) is 15.9 Å². The van der Waals surface area contributed by atoms with Gasteiger partial charge in [0, 0.05) is 36.7 Å². The number of rotatable bonds is 3. The van der Waals surface area contributed by atoms with E-state index in [-0.39, 0.29) is 5.82 Å². The Morgan fingerprint density at radius 2 is 1.76 bits per heavy atom. The first-order valence-corrected chi connectivity index (χ1v) is 9.55. The third kappa shape index (κ3) is 3.28. The maximum absolute atomic E-state index is 13.1. The molecule has 130 valence electrons. The highest BCUT2D eigenvalue weighted by molar-refractivity contribution is 7.18. The van der Waals surface area contributed by atoms with Crippen LogP contribution < -0.4 is 9.80 Å². The predicted octanol–water partition coefficient (Wildman–Crippen LogP) is 4.37. The highest BCUT2D eigenvalue weighted by Gasteiger charge is 2.22. The van der Waals surface area contributed by atoms with Gasteiger partial charge < -0.3 is 9.80 Å². The Hall–Kier alpha value is -1.92. The van der Waals surface area contributed by atoms with E-state index in [1.54, 1.807) is 11.3 Å². The standard InChI is InChI=1S/C18H18ClFN4S/c1-2-14-11-15-16(21-18(19)22-17(15)25-14)24-9-7-23(8-10-24)13-5-3-12(20)4-6-13/h3-6,11H,2,7-10H2,1H3.